The van der Waals surface area contributed by atoms with Gasteiger partial charge >= 0.3 is 6.09 Å². The van der Waals surface area contributed by atoms with Crippen molar-refractivity contribution >= 4 is 6.09 Å². The van der Waals surface area contributed by atoms with Crippen LogP contribution in [0.15, 0.2) is 35.6 Å². The fraction of sp³-hybridized carbons (Fsp3) is 0.125. The maximum Gasteiger partial charge on any atom is 0.412 e. The Bertz CT molecular complexity index is 299. The molecule has 11 heavy (non-hydrogen) atoms. The average Bonchev–Trinajstić information content (AvgIpc) is 2.41. The van der Waals surface area contributed by atoms with Crippen LogP contribution in [0.3, 0.4) is 0 Å². The van der Waals surface area contributed by atoms with Crippen molar-refractivity contribution in [3.05, 3.63) is 35.6 Å². The second kappa shape index (κ2) is 1.99. The fourth-order valence-electron chi connectivity index (χ4n) is 1.31. The Morgan fingerprint density at radius 3 is 3.18 bits per heavy atom. The first-order valence-electron chi connectivity index (χ1n) is 3.38. The standard InChI is InChI=1S/C8H7NO2/c10-8(11)9-5-4-6-2-1-3-7(6)9/h1-4H,5H2,(H,10,11). The van der Waals surface area contributed by atoms with E-state index >= 15 is 0 Å². The van der Waals surface area contributed by atoms with Crippen molar-refractivity contribution in [2.45, 2.75) is 0 Å². The molecule has 3 nitrogen and oxygen atoms in total. The molecule has 56 valence electrons. The topological polar surface area (TPSA) is 40.5 Å². The normalized spacial score (nSPS) is 19.8. The Kier molecular flexibility index (Phi) is 1.12. The summed E-state index contributed by atoms with van der Waals surface area (Å²) in [5.41, 5.74) is 1.82. The van der Waals surface area contributed by atoms with Crippen molar-refractivity contribution in [1.82, 2.24) is 4.90 Å². The molecule has 2 rings (SSSR count). The van der Waals surface area contributed by atoms with Crippen LogP contribution < -0.4 is 0 Å². The number of carboxylic acid groups (broad SMARTS) is 1. The van der Waals surface area contributed by atoms with Crippen molar-refractivity contribution in [2.24, 2.45) is 0 Å². The lowest BCUT2D eigenvalue weighted by Crippen LogP contribution is -2.24. The van der Waals surface area contributed by atoms with Gasteiger partial charge in [-0.05, 0) is 11.6 Å². The minimum absolute atomic E-state index is 0.487. The molecule has 2 aliphatic rings. The Morgan fingerprint density at radius 2 is 2.45 bits per heavy atom. The van der Waals surface area contributed by atoms with Crippen LogP contribution in [0.2, 0.25) is 0 Å². The lowest BCUT2D eigenvalue weighted by atomic mass is 10.3. The summed E-state index contributed by atoms with van der Waals surface area (Å²) in [5, 5.41) is 8.68. The van der Waals surface area contributed by atoms with Gasteiger partial charge in [0, 0.05) is 6.54 Å². The molecule has 0 saturated carbocycles. The van der Waals surface area contributed by atoms with E-state index in [2.05, 4.69) is 0 Å². The summed E-state index contributed by atoms with van der Waals surface area (Å²) in [6.07, 6.45) is 6.61. The summed E-state index contributed by atoms with van der Waals surface area (Å²) >= 11 is 0. The molecule has 1 amide bonds. The number of carbonyl (C=O) groups is 1. The van der Waals surface area contributed by atoms with Crippen LogP contribution in [-0.2, 0) is 0 Å². The molecular weight excluding hydrogens is 142 g/mol. The van der Waals surface area contributed by atoms with Gasteiger partial charge in [-0.25, -0.2) is 4.79 Å². The predicted octanol–water partition coefficient (Wildman–Crippen LogP) is 1.36. The highest BCUT2D eigenvalue weighted by atomic mass is 16.4. The maximum atomic E-state index is 10.6. The molecule has 0 fully saturated rings. The maximum absolute atomic E-state index is 10.6. The van der Waals surface area contributed by atoms with E-state index in [-0.39, 0.29) is 0 Å². The van der Waals surface area contributed by atoms with Crippen LogP contribution in [0.4, 0.5) is 4.79 Å². The Hall–Kier alpha value is -1.51. The van der Waals surface area contributed by atoms with Crippen LogP contribution >= 0.6 is 0 Å². The van der Waals surface area contributed by atoms with Crippen molar-refractivity contribution < 1.29 is 9.90 Å². The van der Waals surface area contributed by atoms with E-state index in [0.29, 0.717) is 6.54 Å². The molecule has 0 radical (unpaired) electrons. The van der Waals surface area contributed by atoms with E-state index in [0.717, 1.165) is 11.3 Å². The lowest BCUT2D eigenvalue weighted by molar-refractivity contribution is 0.165. The van der Waals surface area contributed by atoms with Crippen LogP contribution in [0.1, 0.15) is 0 Å². The summed E-state index contributed by atoms with van der Waals surface area (Å²) in [6, 6.07) is 0. The van der Waals surface area contributed by atoms with Crippen molar-refractivity contribution in [3.63, 3.8) is 0 Å². The van der Waals surface area contributed by atoms with Crippen molar-refractivity contribution in [1.29, 1.82) is 0 Å². The number of allylic oxidation sites excluding steroid dienone is 3. The molecule has 0 unspecified atom stereocenters. The van der Waals surface area contributed by atoms with Gasteiger partial charge in [0.25, 0.3) is 0 Å². The first kappa shape index (κ1) is 6.22. The van der Waals surface area contributed by atoms with Gasteiger partial charge < -0.3 is 5.11 Å². The van der Waals surface area contributed by atoms with Gasteiger partial charge in [-0.15, -0.1) is 0 Å². The quantitative estimate of drug-likeness (QED) is 0.565. The van der Waals surface area contributed by atoms with Gasteiger partial charge in [-0.1, -0.05) is 18.2 Å². The fourth-order valence-corrected chi connectivity index (χ4v) is 1.31. The Labute approximate surface area is 63.9 Å². The molecule has 1 aliphatic heterocycles. The molecule has 0 aromatic heterocycles. The predicted molar refractivity (Wildman–Crippen MR) is 40.0 cm³/mol. The second-order valence-corrected chi connectivity index (χ2v) is 2.46. The summed E-state index contributed by atoms with van der Waals surface area (Å²) in [5.74, 6) is 0. The van der Waals surface area contributed by atoms with Crippen LogP contribution in [0.25, 0.3) is 0 Å². The van der Waals surface area contributed by atoms with Crippen LogP contribution in [0, 0.1) is 0 Å². The summed E-state index contributed by atoms with van der Waals surface area (Å²) in [4.78, 5) is 11.9. The largest absolute Gasteiger partial charge is 0.465 e. The smallest absolute Gasteiger partial charge is 0.412 e. The second-order valence-electron chi connectivity index (χ2n) is 2.46. The number of fused-ring (bicyclic) bond motifs is 1. The van der Waals surface area contributed by atoms with Gasteiger partial charge in [0.05, 0.1) is 5.70 Å². The minimum atomic E-state index is -0.883. The number of rotatable bonds is 0. The lowest BCUT2D eigenvalue weighted by Gasteiger charge is -2.12. The molecule has 0 bridgehead atoms. The van der Waals surface area contributed by atoms with E-state index in [1.807, 2.05) is 24.3 Å². The zero-order chi connectivity index (χ0) is 7.84. The molecular formula is C8H7NO2. The average molecular weight is 149 g/mol. The Morgan fingerprint density at radius 1 is 1.64 bits per heavy atom. The zero-order valence-electron chi connectivity index (χ0n) is 5.82. The number of nitrogens with zero attached hydrogens (tertiary/aromatic N) is 1. The third-order valence-electron chi connectivity index (χ3n) is 1.84. The van der Waals surface area contributed by atoms with Gasteiger partial charge in [0.2, 0.25) is 0 Å². The highest BCUT2D eigenvalue weighted by Crippen LogP contribution is 2.27. The van der Waals surface area contributed by atoms with Crippen LogP contribution in [-0.4, -0.2) is 22.6 Å². The van der Waals surface area contributed by atoms with E-state index < -0.39 is 6.09 Å². The van der Waals surface area contributed by atoms with Crippen LogP contribution in [0.5, 0.6) is 0 Å². The van der Waals surface area contributed by atoms with Gasteiger partial charge in [-0.3, -0.25) is 4.90 Å². The first-order chi connectivity index (χ1) is 5.29. The SMILES string of the molecule is O=C(O)N1CC=C2C=CC=C21. The zero-order valence-corrected chi connectivity index (χ0v) is 5.82. The number of amides is 1. The summed E-state index contributed by atoms with van der Waals surface area (Å²) < 4.78 is 0. The van der Waals surface area contributed by atoms with Gasteiger partial charge in [0.1, 0.15) is 0 Å². The number of hydrogen-bond donors (Lipinski definition) is 1. The van der Waals surface area contributed by atoms with E-state index in [9.17, 15) is 4.79 Å². The van der Waals surface area contributed by atoms with E-state index in [4.69, 9.17) is 5.11 Å². The minimum Gasteiger partial charge on any atom is -0.465 e. The molecule has 3 heteroatoms. The summed E-state index contributed by atoms with van der Waals surface area (Å²) in [7, 11) is 0. The molecule has 0 atom stereocenters. The monoisotopic (exact) mass is 149 g/mol. The first-order valence-corrected chi connectivity index (χ1v) is 3.38. The number of hydrogen-bond acceptors (Lipinski definition) is 1. The third-order valence-corrected chi connectivity index (χ3v) is 1.84. The summed E-state index contributed by atoms with van der Waals surface area (Å²) in [6.45, 7) is 0.487. The highest BCUT2D eigenvalue weighted by Gasteiger charge is 2.24. The molecule has 1 heterocycles. The molecule has 0 aromatic carbocycles. The molecule has 0 aromatic rings. The van der Waals surface area contributed by atoms with Crippen molar-refractivity contribution in [2.75, 3.05) is 6.54 Å². The van der Waals surface area contributed by atoms with Gasteiger partial charge in [-0.2, -0.15) is 0 Å². The van der Waals surface area contributed by atoms with E-state index in [1.54, 1.807) is 0 Å². The molecule has 1 N–H and O–H groups in total. The molecule has 0 spiro atoms. The van der Waals surface area contributed by atoms with Crippen molar-refractivity contribution in [3.8, 4) is 0 Å². The molecule has 1 aliphatic carbocycles. The third kappa shape index (κ3) is 0.774. The Balaban J connectivity index is 2.31. The van der Waals surface area contributed by atoms with Gasteiger partial charge in [0.15, 0.2) is 0 Å². The molecule has 0 saturated heterocycles. The van der Waals surface area contributed by atoms with E-state index in [1.165, 1.54) is 4.90 Å². The highest BCUT2D eigenvalue weighted by molar-refractivity contribution is 5.73.